The number of nitrogens with zero attached hydrogens (tertiary/aromatic N) is 2. The van der Waals surface area contributed by atoms with Gasteiger partial charge in [-0.25, -0.2) is 0 Å². The van der Waals surface area contributed by atoms with Crippen LogP contribution in [0.1, 0.15) is 22.3 Å². The van der Waals surface area contributed by atoms with E-state index >= 15 is 0 Å². The van der Waals surface area contributed by atoms with Crippen molar-refractivity contribution in [2.24, 2.45) is 0 Å². The van der Waals surface area contributed by atoms with Crippen LogP contribution in [0.25, 0.3) is 0 Å². The van der Waals surface area contributed by atoms with Gasteiger partial charge in [-0.15, -0.1) is 0 Å². The Morgan fingerprint density at radius 2 is 1.56 bits per heavy atom. The second-order valence-corrected chi connectivity index (χ2v) is 8.58. The lowest BCUT2D eigenvalue weighted by atomic mass is 10.1. The van der Waals surface area contributed by atoms with Crippen LogP contribution in [0.5, 0.6) is 11.5 Å². The quantitative estimate of drug-likeness (QED) is 0.472. The summed E-state index contributed by atoms with van der Waals surface area (Å²) in [6.07, 6.45) is 0. The minimum absolute atomic E-state index is 0.504. The number of rotatable bonds is 7. The molecule has 5 heteroatoms. The van der Waals surface area contributed by atoms with E-state index < -0.39 is 0 Å². The molecule has 32 heavy (non-hydrogen) atoms. The minimum Gasteiger partial charge on any atom is -0.493 e. The summed E-state index contributed by atoms with van der Waals surface area (Å²) in [5.41, 5.74) is 4.72. The van der Waals surface area contributed by atoms with Gasteiger partial charge < -0.3 is 14.4 Å². The summed E-state index contributed by atoms with van der Waals surface area (Å²) in [6.45, 7) is 7.44. The van der Waals surface area contributed by atoms with Crippen molar-refractivity contribution in [3.8, 4) is 11.5 Å². The average Bonchev–Trinajstić information content (AvgIpc) is 2.84. The first-order chi connectivity index (χ1) is 15.6. The number of ether oxygens (including phenoxy) is 2. The molecule has 4 rings (SSSR count). The maximum Gasteiger partial charge on any atom is 0.161 e. The highest BCUT2D eigenvalue weighted by Crippen LogP contribution is 2.30. The zero-order valence-electron chi connectivity index (χ0n) is 18.8. The Morgan fingerprint density at radius 3 is 2.25 bits per heavy atom. The Labute approximate surface area is 196 Å². The monoisotopic (exact) mass is 446 g/mol. The summed E-state index contributed by atoms with van der Waals surface area (Å²) in [5, 5.41) is 0. The van der Waals surface area contributed by atoms with Crippen molar-refractivity contribution < 1.29 is 9.47 Å². The number of benzene rings is 3. The van der Waals surface area contributed by atoms with Crippen LogP contribution >= 0.6 is 12.2 Å². The maximum absolute atomic E-state index is 6.02. The molecule has 0 atom stereocenters. The molecule has 3 aromatic carbocycles. The first-order valence-corrected chi connectivity index (χ1v) is 11.4. The SMILES string of the molecule is COc1cc(C(=S)N2CCN(Cc3ccccc3)CC2)ccc1OCc1ccc(C)cc1. The van der Waals surface area contributed by atoms with Gasteiger partial charge in [0.25, 0.3) is 0 Å². The first-order valence-electron chi connectivity index (χ1n) is 11.0. The van der Waals surface area contributed by atoms with E-state index in [9.17, 15) is 0 Å². The van der Waals surface area contributed by atoms with Crippen LogP contribution in [0.15, 0.2) is 72.8 Å². The molecule has 166 valence electrons. The van der Waals surface area contributed by atoms with Gasteiger partial charge in [0.15, 0.2) is 11.5 Å². The number of hydrogen-bond donors (Lipinski definition) is 0. The second kappa shape index (κ2) is 10.6. The van der Waals surface area contributed by atoms with E-state index in [-0.39, 0.29) is 0 Å². The Hall–Kier alpha value is -2.89. The lowest BCUT2D eigenvalue weighted by Gasteiger charge is -2.36. The van der Waals surface area contributed by atoms with E-state index in [0.717, 1.165) is 54.6 Å². The van der Waals surface area contributed by atoms with Crippen LogP contribution in [0, 0.1) is 6.92 Å². The molecular formula is C27H30N2O2S. The number of methoxy groups -OCH3 is 1. The van der Waals surface area contributed by atoms with Crippen molar-refractivity contribution in [1.29, 1.82) is 0 Å². The molecule has 0 bridgehead atoms. The van der Waals surface area contributed by atoms with Gasteiger partial charge in [0.05, 0.1) is 7.11 Å². The van der Waals surface area contributed by atoms with E-state index in [1.165, 1.54) is 11.1 Å². The van der Waals surface area contributed by atoms with Gasteiger partial charge in [0.2, 0.25) is 0 Å². The second-order valence-electron chi connectivity index (χ2n) is 8.19. The lowest BCUT2D eigenvalue weighted by Crippen LogP contribution is -2.48. The summed E-state index contributed by atoms with van der Waals surface area (Å²) >= 11 is 5.82. The highest BCUT2D eigenvalue weighted by molar-refractivity contribution is 7.80. The fourth-order valence-electron chi connectivity index (χ4n) is 3.90. The molecule has 0 saturated carbocycles. The molecule has 1 saturated heterocycles. The fourth-order valence-corrected chi connectivity index (χ4v) is 4.21. The molecule has 0 unspecified atom stereocenters. The molecular weight excluding hydrogens is 416 g/mol. The van der Waals surface area contributed by atoms with E-state index in [1.807, 2.05) is 18.2 Å². The third-order valence-electron chi connectivity index (χ3n) is 5.83. The van der Waals surface area contributed by atoms with Crippen molar-refractivity contribution in [3.05, 3.63) is 95.1 Å². The van der Waals surface area contributed by atoms with Crippen molar-refractivity contribution in [2.75, 3.05) is 33.3 Å². The molecule has 0 spiro atoms. The Morgan fingerprint density at radius 1 is 0.844 bits per heavy atom. The minimum atomic E-state index is 0.504. The molecule has 0 radical (unpaired) electrons. The average molecular weight is 447 g/mol. The highest BCUT2D eigenvalue weighted by Gasteiger charge is 2.20. The summed E-state index contributed by atoms with van der Waals surface area (Å²) in [4.78, 5) is 5.64. The zero-order chi connectivity index (χ0) is 22.3. The van der Waals surface area contributed by atoms with Gasteiger partial charge in [-0.05, 0) is 36.2 Å². The van der Waals surface area contributed by atoms with Crippen LogP contribution in [0.2, 0.25) is 0 Å². The molecule has 0 N–H and O–H groups in total. The van der Waals surface area contributed by atoms with Crippen molar-refractivity contribution >= 4 is 17.2 Å². The Bertz CT molecular complexity index is 1030. The van der Waals surface area contributed by atoms with Crippen LogP contribution in [0.3, 0.4) is 0 Å². The number of piperazine rings is 1. The molecule has 1 aliphatic heterocycles. The van der Waals surface area contributed by atoms with Gasteiger partial charge in [-0.2, -0.15) is 0 Å². The molecule has 1 aliphatic rings. The Kier molecular flexibility index (Phi) is 7.40. The summed E-state index contributed by atoms with van der Waals surface area (Å²) in [6, 6.07) is 25.0. The summed E-state index contributed by atoms with van der Waals surface area (Å²) in [5.74, 6) is 1.44. The third kappa shape index (κ3) is 5.67. The molecule has 0 amide bonds. The number of thiocarbonyl (C=S) groups is 1. The summed E-state index contributed by atoms with van der Waals surface area (Å²) < 4.78 is 11.6. The molecule has 1 heterocycles. The van der Waals surface area contributed by atoms with Crippen molar-refractivity contribution in [3.63, 3.8) is 0 Å². The van der Waals surface area contributed by atoms with Crippen LogP contribution in [0.4, 0.5) is 0 Å². The van der Waals surface area contributed by atoms with E-state index in [1.54, 1.807) is 7.11 Å². The van der Waals surface area contributed by atoms with Crippen LogP contribution in [-0.4, -0.2) is 48.1 Å². The van der Waals surface area contributed by atoms with E-state index in [2.05, 4.69) is 71.3 Å². The predicted octanol–water partition coefficient (Wildman–Crippen LogP) is 5.08. The van der Waals surface area contributed by atoms with Gasteiger partial charge >= 0.3 is 0 Å². The fraction of sp³-hybridized carbons (Fsp3) is 0.296. The number of hydrogen-bond acceptors (Lipinski definition) is 4. The largest absolute Gasteiger partial charge is 0.493 e. The third-order valence-corrected chi connectivity index (χ3v) is 6.33. The van der Waals surface area contributed by atoms with Crippen LogP contribution < -0.4 is 9.47 Å². The molecule has 3 aromatic rings. The normalized spacial score (nSPS) is 14.2. The van der Waals surface area contributed by atoms with Gasteiger partial charge in [-0.3, -0.25) is 4.90 Å². The predicted molar refractivity (Wildman–Crippen MR) is 133 cm³/mol. The van der Waals surface area contributed by atoms with Gasteiger partial charge in [0, 0.05) is 38.3 Å². The number of aryl methyl sites for hydroxylation is 1. The van der Waals surface area contributed by atoms with Gasteiger partial charge in [0.1, 0.15) is 11.6 Å². The lowest BCUT2D eigenvalue weighted by molar-refractivity contribution is 0.177. The zero-order valence-corrected chi connectivity index (χ0v) is 19.6. The maximum atomic E-state index is 6.02. The molecule has 0 aromatic heterocycles. The standard InChI is InChI=1S/C27H30N2O2S/c1-21-8-10-23(11-9-21)20-31-25-13-12-24(18-26(25)30-2)27(32)29-16-14-28(15-17-29)19-22-6-4-3-5-7-22/h3-13,18H,14-17,19-20H2,1-2H3. The van der Waals surface area contributed by atoms with E-state index in [0.29, 0.717) is 12.4 Å². The van der Waals surface area contributed by atoms with Crippen molar-refractivity contribution in [1.82, 2.24) is 9.80 Å². The topological polar surface area (TPSA) is 24.9 Å². The summed E-state index contributed by atoms with van der Waals surface area (Å²) in [7, 11) is 1.67. The first kappa shape index (κ1) is 22.3. The smallest absolute Gasteiger partial charge is 0.161 e. The molecule has 4 nitrogen and oxygen atoms in total. The van der Waals surface area contributed by atoms with E-state index in [4.69, 9.17) is 21.7 Å². The van der Waals surface area contributed by atoms with Gasteiger partial charge in [-0.1, -0.05) is 72.4 Å². The molecule has 1 fully saturated rings. The highest BCUT2D eigenvalue weighted by atomic mass is 32.1. The Balaban J connectivity index is 1.35. The van der Waals surface area contributed by atoms with Crippen LogP contribution in [-0.2, 0) is 13.2 Å². The van der Waals surface area contributed by atoms with Crippen molar-refractivity contribution in [2.45, 2.75) is 20.1 Å². The molecule has 0 aliphatic carbocycles.